The molecule has 4 aliphatic heterocycles. The molecule has 4 heterocycles. The van der Waals surface area contributed by atoms with Crippen LogP contribution in [-0.4, -0.2) is 93.2 Å². The lowest BCUT2D eigenvalue weighted by Gasteiger charge is -2.59. The van der Waals surface area contributed by atoms with E-state index in [-0.39, 0.29) is 51.3 Å². The highest BCUT2D eigenvalue weighted by atomic mass is 35.5. The van der Waals surface area contributed by atoms with Gasteiger partial charge in [-0.25, -0.2) is 23.4 Å². The van der Waals surface area contributed by atoms with Crippen molar-refractivity contribution in [2.24, 2.45) is 0 Å². The number of amides is 3. The minimum absolute atomic E-state index is 0.0187. The first-order valence-corrected chi connectivity index (χ1v) is 19.7. The van der Waals surface area contributed by atoms with Crippen LogP contribution in [0.25, 0.3) is 0 Å². The van der Waals surface area contributed by atoms with Gasteiger partial charge in [-0.15, -0.1) is 4.48 Å². The fraction of sp³-hybridized carbons (Fsp3) is 0.463. The first-order chi connectivity index (χ1) is 25.5. The summed E-state index contributed by atoms with van der Waals surface area (Å²) in [5.41, 5.74) is 1.75. The zero-order valence-corrected chi connectivity index (χ0v) is 32.5. The molecule has 0 unspecified atom stereocenters. The van der Waals surface area contributed by atoms with Gasteiger partial charge in [-0.3, -0.25) is 4.90 Å². The first kappa shape index (κ1) is 37.9. The van der Waals surface area contributed by atoms with Gasteiger partial charge in [0.05, 0.1) is 44.3 Å². The molecule has 3 aromatic carbocycles. The smallest absolute Gasteiger partial charge is 0.304 e. The Kier molecular flexibility index (Phi) is 10.8. The predicted octanol–water partition coefficient (Wildman–Crippen LogP) is 8.51. The lowest BCUT2D eigenvalue weighted by molar-refractivity contribution is -0.916. The third-order valence-corrected chi connectivity index (χ3v) is 12.4. The quantitative estimate of drug-likeness (QED) is 0.193. The average molecular weight is 768 g/mol. The van der Waals surface area contributed by atoms with Crippen LogP contribution < -0.4 is 0 Å². The van der Waals surface area contributed by atoms with E-state index in [1.165, 1.54) is 18.2 Å². The van der Waals surface area contributed by atoms with E-state index in [0.717, 1.165) is 70.3 Å². The fourth-order valence-electron chi connectivity index (χ4n) is 9.32. The first-order valence-electron chi connectivity index (χ1n) is 19.0. The number of likely N-dealkylation sites (tertiary alicyclic amines) is 2. The molecule has 2 fully saturated rings. The Morgan fingerprint density at radius 3 is 1.77 bits per heavy atom. The number of urea groups is 1. The Hall–Kier alpha value is -3.38. The summed E-state index contributed by atoms with van der Waals surface area (Å²) in [6.45, 7) is 5.18. The molecule has 0 aromatic heterocycles. The van der Waals surface area contributed by atoms with Crippen LogP contribution >= 0.6 is 23.2 Å². The van der Waals surface area contributed by atoms with Crippen LogP contribution in [0.2, 0.25) is 10.0 Å². The molecule has 0 aliphatic carbocycles. The monoisotopic (exact) mass is 766 g/mol. The van der Waals surface area contributed by atoms with Gasteiger partial charge in [0.15, 0.2) is 0 Å². The SMILES string of the molecule is CCC[N@@+]1(Cc2c(F)cccc2Cl)C(=O)C2=C(N(Cc3ccccc3)C(N3CCCCC3)(N3CCCCC3)N2Cc2c(F)cccc2Cl)[N+](C)(C)C1=O. The second kappa shape index (κ2) is 15.0. The van der Waals surface area contributed by atoms with Crippen LogP contribution in [0.3, 0.4) is 0 Å². The van der Waals surface area contributed by atoms with Gasteiger partial charge in [-0.05, 0) is 61.9 Å². The summed E-state index contributed by atoms with van der Waals surface area (Å²) in [6.07, 6.45) is 6.47. The van der Waals surface area contributed by atoms with Crippen molar-refractivity contribution in [1.29, 1.82) is 0 Å². The fourth-order valence-corrected chi connectivity index (χ4v) is 9.76. The number of imide groups is 1. The molecule has 12 heteroatoms. The van der Waals surface area contributed by atoms with Gasteiger partial charge < -0.3 is 4.90 Å². The Balaban J connectivity index is 1.55. The number of halogens is 4. The highest BCUT2D eigenvalue weighted by Crippen LogP contribution is 2.52. The van der Waals surface area contributed by atoms with Gasteiger partial charge in [0.1, 0.15) is 18.2 Å². The van der Waals surface area contributed by atoms with Crippen molar-refractivity contribution in [3.05, 3.63) is 117 Å². The largest absolute Gasteiger partial charge is 0.528 e. The Morgan fingerprint density at radius 1 is 0.698 bits per heavy atom. The van der Waals surface area contributed by atoms with Crippen molar-refractivity contribution >= 4 is 35.1 Å². The normalized spacial score (nSPS) is 23.5. The van der Waals surface area contributed by atoms with E-state index in [2.05, 4.69) is 31.7 Å². The molecule has 7 rings (SSSR count). The Bertz CT molecular complexity index is 1840. The molecule has 0 saturated carbocycles. The van der Waals surface area contributed by atoms with Crippen LogP contribution in [0.15, 0.2) is 78.2 Å². The Morgan fingerprint density at radius 2 is 1.25 bits per heavy atom. The summed E-state index contributed by atoms with van der Waals surface area (Å²) < 4.78 is 30.8. The van der Waals surface area contributed by atoms with E-state index in [9.17, 15) is 0 Å². The molecule has 0 N–H and O–H groups in total. The van der Waals surface area contributed by atoms with Crippen molar-refractivity contribution in [3.63, 3.8) is 0 Å². The predicted molar refractivity (Wildman–Crippen MR) is 203 cm³/mol. The summed E-state index contributed by atoms with van der Waals surface area (Å²) in [7, 11) is 3.68. The lowest BCUT2D eigenvalue weighted by atomic mass is 10.0. The van der Waals surface area contributed by atoms with Crippen LogP contribution in [0.5, 0.6) is 0 Å². The molecule has 2 saturated heterocycles. The van der Waals surface area contributed by atoms with Crippen molar-refractivity contribution in [3.8, 4) is 0 Å². The maximum atomic E-state index is 16.1. The maximum absolute atomic E-state index is 16.1. The minimum Gasteiger partial charge on any atom is -0.304 e. The molecule has 53 heavy (non-hydrogen) atoms. The van der Waals surface area contributed by atoms with Crippen LogP contribution in [0, 0.1) is 11.6 Å². The molecule has 0 bridgehead atoms. The van der Waals surface area contributed by atoms with Gasteiger partial charge in [-0.1, -0.05) is 85.4 Å². The zero-order chi connectivity index (χ0) is 37.5. The third kappa shape index (κ3) is 6.29. The van der Waals surface area contributed by atoms with Crippen molar-refractivity contribution in [2.45, 2.75) is 77.4 Å². The second-order valence-electron chi connectivity index (χ2n) is 15.3. The second-order valence-corrected chi connectivity index (χ2v) is 16.1. The minimum atomic E-state index is -1.08. The molecular weight excluding hydrogens is 717 g/mol. The van der Waals surface area contributed by atoms with Gasteiger partial charge >= 0.3 is 11.9 Å². The standard InChI is InChI=1S/C41H50Cl2F2N6O2/c1-4-26-51(29-32-34(43)19-15-21-36(32)45)39(52)37-38(50(2,3)40(51)53)49(27-30-16-8-5-9-17-30)41(46-22-10-6-11-23-46,47-24-12-7-13-25-47)48(37)28-31-33(42)18-14-20-35(31)44/h5,8-9,14-21H,4,6-7,10-13,22-29H2,1-3H3/q+2/t51-/m1/s1. The molecule has 3 aromatic rings. The van der Waals surface area contributed by atoms with E-state index in [4.69, 9.17) is 23.2 Å². The van der Waals surface area contributed by atoms with Crippen LogP contribution in [-0.2, 0) is 24.4 Å². The number of benzene rings is 3. The topological polar surface area (TPSA) is 47.1 Å². The van der Waals surface area contributed by atoms with Gasteiger partial charge in [0, 0.05) is 36.8 Å². The summed E-state index contributed by atoms with van der Waals surface area (Å²) >= 11 is 13.5. The Labute approximate surface area is 321 Å². The summed E-state index contributed by atoms with van der Waals surface area (Å²) in [4.78, 5) is 40.7. The molecule has 0 radical (unpaired) electrons. The summed E-state index contributed by atoms with van der Waals surface area (Å²) in [5, 5.41) is 0.424. The number of piperidine rings is 2. The maximum Gasteiger partial charge on any atom is 0.528 e. The molecule has 3 amide bonds. The van der Waals surface area contributed by atoms with E-state index >= 15 is 18.4 Å². The lowest BCUT2D eigenvalue weighted by Crippen LogP contribution is -2.76. The number of nitrogens with zero attached hydrogens (tertiary/aromatic N) is 6. The number of carbonyl (C=O) groups excluding carboxylic acids is 2. The van der Waals surface area contributed by atoms with Gasteiger partial charge in [-0.2, -0.15) is 9.28 Å². The van der Waals surface area contributed by atoms with Crippen LogP contribution in [0.4, 0.5) is 13.6 Å². The molecule has 1 atom stereocenters. The van der Waals surface area contributed by atoms with Crippen LogP contribution in [0.1, 0.15) is 68.6 Å². The number of carbonyl (C=O) groups is 2. The highest BCUT2D eigenvalue weighted by molar-refractivity contribution is 6.31. The van der Waals surface area contributed by atoms with Crippen molar-refractivity contribution in [1.82, 2.24) is 19.6 Å². The summed E-state index contributed by atoms with van der Waals surface area (Å²) in [6, 6.07) is 18.8. The zero-order valence-electron chi connectivity index (χ0n) is 31.0. The molecule has 282 valence electrons. The number of quaternary nitrogens is 2. The molecule has 8 nitrogen and oxygen atoms in total. The third-order valence-electron chi connectivity index (χ3n) is 11.6. The van der Waals surface area contributed by atoms with E-state index < -0.39 is 27.9 Å². The highest BCUT2D eigenvalue weighted by Gasteiger charge is 2.73. The number of hydrogen-bond donors (Lipinski definition) is 0. The van der Waals surface area contributed by atoms with Gasteiger partial charge in [0.2, 0.25) is 11.6 Å². The number of hydrogen-bond acceptors (Lipinski definition) is 6. The van der Waals surface area contributed by atoms with Crippen molar-refractivity contribution < 1.29 is 27.3 Å². The molecule has 0 spiro atoms. The van der Waals surface area contributed by atoms with E-state index in [0.29, 0.717) is 24.5 Å². The van der Waals surface area contributed by atoms with Crippen molar-refractivity contribution in [2.75, 3.05) is 46.8 Å². The van der Waals surface area contributed by atoms with Gasteiger partial charge in [0.25, 0.3) is 5.82 Å². The molecule has 4 aliphatic rings. The summed E-state index contributed by atoms with van der Waals surface area (Å²) in [5.74, 6) is -2.00. The average Bonchev–Trinajstić information content (AvgIpc) is 3.45. The van der Waals surface area contributed by atoms with E-state index in [1.54, 1.807) is 18.2 Å². The number of rotatable bonds is 10. The molecular formula is C41H50Cl2F2N6O2+2. The van der Waals surface area contributed by atoms with E-state index in [1.807, 2.05) is 39.2 Å².